The molecule has 1 heterocycles. The first-order valence-corrected chi connectivity index (χ1v) is 7.87. The Morgan fingerprint density at radius 2 is 2.09 bits per heavy atom. The lowest BCUT2D eigenvalue weighted by atomic mass is 9.68. The number of rotatable bonds is 1. The summed E-state index contributed by atoms with van der Waals surface area (Å²) < 4.78 is 11.0. The van der Waals surface area contributed by atoms with Crippen LogP contribution in [-0.2, 0) is 23.9 Å². The van der Waals surface area contributed by atoms with Crippen LogP contribution in [0, 0.1) is 23.2 Å². The second-order valence-corrected chi connectivity index (χ2v) is 7.09. The summed E-state index contributed by atoms with van der Waals surface area (Å²) in [5.41, 5.74) is -0.376. The summed E-state index contributed by atoms with van der Waals surface area (Å²) in [4.78, 5) is 36.1. The van der Waals surface area contributed by atoms with E-state index in [1.807, 2.05) is 6.92 Å². The van der Waals surface area contributed by atoms with Crippen LogP contribution >= 0.6 is 0 Å². The van der Waals surface area contributed by atoms with Crippen molar-refractivity contribution in [1.29, 1.82) is 0 Å². The Balaban J connectivity index is 2.08. The number of carbonyl (C=O) groups is 3. The smallest absolute Gasteiger partial charge is 0.334 e. The maximum atomic E-state index is 12.6. The predicted octanol–water partition coefficient (Wildman–Crippen LogP) is 2.04. The van der Waals surface area contributed by atoms with Crippen molar-refractivity contribution in [2.45, 2.75) is 52.2 Å². The van der Waals surface area contributed by atoms with Crippen LogP contribution in [0.4, 0.5) is 0 Å². The third kappa shape index (κ3) is 1.94. The minimum absolute atomic E-state index is 0.144. The predicted molar refractivity (Wildman–Crippen MR) is 77.7 cm³/mol. The third-order valence-electron chi connectivity index (χ3n) is 5.88. The number of ketones is 1. The van der Waals surface area contributed by atoms with Gasteiger partial charge in [-0.05, 0) is 31.6 Å². The Morgan fingerprint density at radius 1 is 1.41 bits per heavy atom. The van der Waals surface area contributed by atoms with E-state index in [-0.39, 0.29) is 23.6 Å². The molecule has 3 rings (SSSR count). The zero-order valence-corrected chi connectivity index (χ0v) is 13.3. The quantitative estimate of drug-likeness (QED) is 0.548. The lowest BCUT2D eigenvalue weighted by Crippen LogP contribution is -2.46. The normalized spacial score (nSPS) is 44.1. The molecule has 3 fully saturated rings. The molecule has 5 heteroatoms. The van der Waals surface area contributed by atoms with E-state index in [1.54, 1.807) is 0 Å². The van der Waals surface area contributed by atoms with Crippen molar-refractivity contribution in [3.8, 4) is 0 Å². The number of hydrogen-bond acceptors (Lipinski definition) is 5. The molecule has 3 aliphatic rings. The fraction of sp³-hybridized carbons (Fsp3) is 0.706. The number of fused-ring (bicyclic) bond motifs is 3. The monoisotopic (exact) mass is 306 g/mol. The molecule has 5 nitrogen and oxygen atoms in total. The maximum absolute atomic E-state index is 12.6. The summed E-state index contributed by atoms with van der Waals surface area (Å²) >= 11 is 0. The van der Waals surface area contributed by atoms with Crippen molar-refractivity contribution in [2.75, 3.05) is 0 Å². The highest BCUT2D eigenvalue weighted by atomic mass is 16.6. The van der Waals surface area contributed by atoms with Crippen LogP contribution in [0.15, 0.2) is 12.2 Å². The Labute approximate surface area is 130 Å². The summed E-state index contributed by atoms with van der Waals surface area (Å²) in [5, 5.41) is 0. The summed E-state index contributed by atoms with van der Waals surface area (Å²) in [7, 11) is 0. The molecule has 22 heavy (non-hydrogen) atoms. The second kappa shape index (κ2) is 4.93. The number of ether oxygens (including phenoxy) is 2. The van der Waals surface area contributed by atoms with Crippen LogP contribution in [0.2, 0.25) is 0 Å². The Kier molecular flexibility index (Phi) is 3.42. The van der Waals surface area contributed by atoms with Crippen LogP contribution < -0.4 is 0 Å². The van der Waals surface area contributed by atoms with Crippen molar-refractivity contribution in [3.63, 3.8) is 0 Å². The molecule has 2 saturated carbocycles. The van der Waals surface area contributed by atoms with Crippen LogP contribution in [0.3, 0.4) is 0 Å². The average Bonchev–Trinajstić information content (AvgIpc) is 2.86. The molecule has 0 aromatic heterocycles. The van der Waals surface area contributed by atoms with Gasteiger partial charge in [0, 0.05) is 18.9 Å². The Morgan fingerprint density at radius 3 is 2.73 bits per heavy atom. The summed E-state index contributed by atoms with van der Waals surface area (Å²) in [6.45, 7) is 9.19. The van der Waals surface area contributed by atoms with Crippen molar-refractivity contribution in [2.24, 2.45) is 23.2 Å². The van der Waals surface area contributed by atoms with E-state index in [0.29, 0.717) is 18.4 Å². The van der Waals surface area contributed by atoms with Crippen LogP contribution in [0.1, 0.15) is 40.0 Å². The SMILES string of the molecule is C=C1C(=O)OC2C1[C@@H](OC(C)=O)C[C@H](C)C1CCC(=O)[C@@]21C. The summed E-state index contributed by atoms with van der Waals surface area (Å²) in [6.07, 6.45) is 0.936. The highest BCUT2D eigenvalue weighted by molar-refractivity contribution is 5.94. The number of hydrogen-bond donors (Lipinski definition) is 0. The first-order chi connectivity index (χ1) is 10.3. The molecule has 3 unspecified atom stereocenters. The molecule has 6 atom stereocenters. The van der Waals surface area contributed by atoms with Gasteiger partial charge in [0.05, 0.1) is 11.3 Å². The van der Waals surface area contributed by atoms with Gasteiger partial charge in [-0.3, -0.25) is 9.59 Å². The lowest BCUT2D eigenvalue weighted by molar-refractivity contribution is -0.154. The van der Waals surface area contributed by atoms with Gasteiger partial charge in [-0.15, -0.1) is 0 Å². The largest absolute Gasteiger partial charge is 0.462 e. The fourth-order valence-corrected chi connectivity index (χ4v) is 4.82. The van der Waals surface area contributed by atoms with E-state index in [4.69, 9.17) is 9.47 Å². The zero-order valence-electron chi connectivity index (χ0n) is 13.3. The molecule has 0 amide bonds. The Hall–Kier alpha value is -1.65. The van der Waals surface area contributed by atoms with E-state index >= 15 is 0 Å². The standard InChI is InChI=1S/C17H22O5/c1-8-7-12(21-10(3)18)14-9(2)16(20)22-15(14)17(4)11(8)5-6-13(17)19/h8,11-12,14-15H,2,5-7H2,1,3-4H3/t8-,11?,12-,14?,15?,17-/m0/s1. The topological polar surface area (TPSA) is 69.7 Å². The fourth-order valence-electron chi connectivity index (χ4n) is 4.82. The van der Waals surface area contributed by atoms with Crippen LogP contribution in [-0.4, -0.2) is 29.9 Å². The molecule has 1 saturated heterocycles. The molecular formula is C17H22O5. The van der Waals surface area contributed by atoms with E-state index in [2.05, 4.69) is 13.5 Å². The molecule has 0 aromatic carbocycles. The maximum Gasteiger partial charge on any atom is 0.334 e. The van der Waals surface area contributed by atoms with Gasteiger partial charge < -0.3 is 9.47 Å². The molecule has 120 valence electrons. The van der Waals surface area contributed by atoms with Gasteiger partial charge in [0.15, 0.2) is 0 Å². The highest BCUT2D eigenvalue weighted by Gasteiger charge is 2.63. The first kappa shape index (κ1) is 15.3. The minimum Gasteiger partial charge on any atom is -0.462 e. The van der Waals surface area contributed by atoms with E-state index in [1.165, 1.54) is 6.92 Å². The number of carbonyl (C=O) groups excluding carboxylic acids is 3. The highest BCUT2D eigenvalue weighted by Crippen LogP contribution is 2.56. The minimum atomic E-state index is -0.700. The molecular weight excluding hydrogens is 284 g/mol. The van der Waals surface area contributed by atoms with Gasteiger partial charge in [-0.1, -0.05) is 13.5 Å². The van der Waals surface area contributed by atoms with Crippen LogP contribution in [0.5, 0.6) is 0 Å². The number of esters is 2. The average molecular weight is 306 g/mol. The van der Waals surface area contributed by atoms with Crippen LogP contribution in [0.25, 0.3) is 0 Å². The van der Waals surface area contributed by atoms with Gasteiger partial charge in [-0.2, -0.15) is 0 Å². The second-order valence-electron chi connectivity index (χ2n) is 7.09. The van der Waals surface area contributed by atoms with E-state index in [9.17, 15) is 14.4 Å². The molecule has 0 spiro atoms. The molecule has 2 aliphatic carbocycles. The molecule has 0 bridgehead atoms. The van der Waals surface area contributed by atoms with Gasteiger partial charge in [0.2, 0.25) is 0 Å². The zero-order chi connectivity index (χ0) is 16.2. The van der Waals surface area contributed by atoms with Gasteiger partial charge in [-0.25, -0.2) is 4.79 Å². The molecule has 1 aliphatic heterocycles. The number of Topliss-reactive ketones (excluding diaryl/α,β-unsaturated/α-hetero) is 1. The van der Waals surface area contributed by atoms with Crippen molar-refractivity contribution < 1.29 is 23.9 Å². The van der Waals surface area contributed by atoms with Crippen molar-refractivity contribution in [1.82, 2.24) is 0 Å². The van der Waals surface area contributed by atoms with Gasteiger partial charge in [0.25, 0.3) is 0 Å². The molecule has 0 aromatic rings. The summed E-state index contributed by atoms with van der Waals surface area (Å²) in [6, 6.07) is 0. The van der Waals surface area contributed by atoms with E-state index in [0.717, 1.165) is 6.42 Å². The van der Waals surface area contributed by atoms with Gasteiger partial charge in [0.1, 0.15) is 18.0 Å². The van der Waals surface area contributed by atoms with Crippen molar-refractivity contribution in [3.05, 3.63) is 12.2 Å². The first-order valence-electron chi connectivity index (χ1n) is 7.87. The third-order valence-corrected chi connectivity index (χ3v) is 5.88. The summed E-state index contributed by atoms with van der Waals surface area (Å²) in [5.74, 6) is -0.765. The van der Waals surface area contributed by atoms with E-state index < -0.39 is 29.5 Å². The molecule has 0 radical (unpaired) electrons. The van der Waals surface area contributed by atoms with Gasteiger partial charge >= 0.3 is 11.9 Å². The molecule has 0 N–H and O–H groups in total. The Bertz CT molecular complexity index is 565. The lowest BCUT2D eigenvalue weighted by Gasteiger charge is -2.36. The van der Waals surface area contributed by atoms with Crippen molar-refractivity contribution >= 4 is 17.7 Å².